The average Bonchev–Trinajstić information content (AvgIpc) is 2.48. The first-order chi connectivity index (χ1) is 10.1. The fraction of sp³-hybridized carbons (Fsp3) is 0.500. The van der Waals surface area contributed by atoms with E-state index in [-0.39, 0.29) is 12.1 Å². The molecule has 114 valence electrons. The van der Waals surface area contributed by atoms with Crippen LogP contribution < -0.4 is 0 Å². The normalized spacial score (nSPS) is 22.6. The second-order valence-corrected chi connectivity index (χ2v) is 6.03. The van der Waals surface area contributed by atoms with Crippen LogP contribution in [0.15, 0.2) is 36.4 Å². The van der Waals surface area contributed by atoms with Crippen molar-refractivity contribution < 1.29 is 9.53 Å². The Hall–Kier alpha value is -1.61. The Kier molecular flexibility index (Phi) is 6.00. The molecule has 0 heterocycles. The standard InChI is InChI=1S/C18H25NO2/c1-19(2)14-16-10-6-7-11-17(16)21-18(20)13-12-15-8-4-3-5-9-15/h3-5,8-9,12-13,16-17H,6-7,10-11,14H2,1-2H3/b13-12+/t16-,17+/m1/s1. The Labute approximate surface area is 127 Å². The Balaban J connectivity index is 1.89. The van der Waals surface area contributed by atoms with E-state index >= 15 is 0 Å². The maximum Gasteiger partial charge on any atom is 0.331 e. The molecule has 0 bridgehead atoms. The van der Waals surface area contributed by atoms with Gasteiger partial charge in [-0.25, -0.2) is 4.79 Å². The number of carbonyl (C=O) groups is 1. The fourth-order valence-electron chi connectivity index (χ4n) is 2.92. The summed E-state index contributed by atoms with van der Waals surface area (Å²) >= 11 is 0. The highest BCUT2D eigenvalue weighted by atomic mass is 16.5. The highest BCUT2D eigenvalue weighted by Gasteiger charge is 2.28. The van der Waals surface area contributed by atoms with Crippen molar-refractivity contribution >= 4 is 12.0 Å². The van der Waals surface area contributed by atoms with Gasteiger partial charge in [0.1, 0.15) is 6.10 Å². The lowest BCUT2D eigenvalue weighted by molar-refractivity contribution is -0.147. The van der Waals surface area contributed by atoms with E-state index < -0.39 is 0 Å². The number of nitrogens with zero attached hydrogens (tertiary/aromatic N) is 1. The summed E-state index contributed by atoms with van der Waals surface area (Å²) in [6.45, 7) is 0.986. The third-order valence-electron chi connectivity index (χ3n) is 3.92. The highest BCUT2D eigenvalue weighted by Crippen LogP contribution is 2.27. The zero-order chi connectivity index (χ0) is 15.1. The smallest absolute Gasteiger partial charge is 0.331 e. The van der Waals surface area contributed by atoms with E-state index in [1.54, 1.807) is 0 Å². The fourth-order valence-corrected chi connectivity index (χ4v) is 2.92. The number of benzene rings is 1. The second-order valence-electron chi connectivity index (χ2n) is 6.03. The summed E-state index contributed by atoms with van der Waals surface area (Å²) in [6, 6.07) is 9.82. The van der Waals surface area contributed by atoms with Gasteiger partial charge in [-0.05, 0) is 45.0 Å². The lowest BCUT2D eigenvalue weighted by atomic mass is 9.86. The van der Waals surface area contributed by atoms with Crippen molar-refractivity contribution in [3.8, 4) is 0 Å². The summed E-state index contributed by atoms with van der Waals surface area (Å²) in [5.41, 5.74) is 1.02. The molecule has 0 amide bonds. The van der Waals surface area contributed by atoms with Crippen LogP contribution in [-0.4, -0.2) is 37.6 Å². The first-order valence-electron chi connectivity index (χ1n) is 7.73. The van der Waals surface area contributed by atoms with E-state index in [9.17, 15) is 4.79 Å². The Morgan fingerprint density at radius 3 is 2.67 bits per heavy atom. The van der Waals surface area contributed by atoms with E-state index in [1.165, 1.54) is 12.5 Å². The molecule has 0 N–H and O–H groups in total. The molecule has 0 saturated heterocycles. The van der Waals surface area contributed by atoms with Gasteiger partial charge in [0, 0.05) is 18.5 Å². The van der Waals surface area contributed by atoms with E-state index in [0.717, 1.165) is 31.4 Å². The van der Waals surface area contributed by atoms with Crippen LogP contribution in [0.5, 0.6) is 0 Å². The molecular weight excluding hydrogens is 262 g/mol. The minimum atomic E-state index is -0.227. The first-order valence-corrected chi connectivity index (χ1v) is 7.73. The Morgan fingerprint density at radius 1 is 1.24 bits per heavy atom. The van der Waals surface area contributed by atoms with Crippen LogP contribution in [0.1, 0.15) is 31.2 Å². The van der Waals surface area contributed by atoms with Gasteiger partial charge in [-0.1, -0.05) is 36.8 Å². The van der Waals surface area contributed by atoms with Gasteiger partial charge in [0.2, 0.25) is 0 Å². The molecule has 2 rings (SSSR count). The van der Waals surface area contributed by atoms with Crippen LogP contribution in [0, 0.1) is 5.92 Å². The molecule has 1 fully saturated rings. The number of ether oxygens (including phenoxy) is 1. The molecule has 21 heavy (non-hydrogen) atoms. The summed E-state index contributed by atoms with van der Waals surface area (Å²) in [6.07, 6.45) is 7.95. The molecule has 0 aliphatic heterocycles. The Morgan fingerprint density at radius 2 is 1.95 bits per heavy atom. The van der Waals surface area contributed by atoms with Crippen molar-refractivity contribution in [1.29, 1.82) is 0 Å². The summed E-state index contributed by atoms with van der Waals surface area (Å²) in [4.78, 5) is 14.2. The van der Waals surface area contributed by atoms with Crippen molar-refractivity contribution in [3.05, 3.63) is 42.0 Å². The van der Waals surface area contributed by atoms with Gasteiger partial charge < -0.3 is 9.64 Å². The monoisotopic (exact) mass is 287 g/mol. The lowest BCUT2D eigenvalue weighted by Crippen LogP contribution is -2.36. The molecule has 3 nitrogen and oxygen atoms in total. The number of carbonyl (C=O) groups excluding carboxylic acids is 1. The lowest BCUT2D eigenvalue weighted by Gasteiger charge is -2.32. The van der Waals surface area contributed by atoms with Crippen LogP contribution in [0.2, 0.25) is 0 Å². The Bertz CT molecular complexity index is 467. The summed E-state index contributed by atoms with van der Waals surface area (Å²) < 4.78 is 5.67. The third-order valence-corrected chi connectivity index (χ3v) is 3.92. The van der Waals surface area contributed by atoms with E-state index in [4.69, 9.17) is 4.74 Å². The highest BCUT2D eigenvalue weighted by molar-refractivity contribution is 5.87. The molecule has 1 aliphatic carbocycles. The topological polar surface area (TPSA) is 29.5 Å². The van der Waals surface area contributed by atoms with Crippen molar-refractivity contribution in [3.63, 3.8) is 0 Å². The zero-order valence-electron chi connectivity index (χ0n) is 13.0. The molecule has 0 spiro atoms. The van der Waals surface area contributed by atoms with E-state index in [2.05, 4.69) is 19.0 Å². The molecule has 0 unspecified atom stereocenters. The number of esters is 1. The number of rotatable bonds is 5. The molecular formula is C18H25NO2. The molecule has 0 aromatic heterocycles. The summed E-state index contributed by atoms with van der Waals surface area (Å²) in [7, 11) is 4.14. The number of hydrogen-bond acceptors (Lipinski definition) is 3. The van der Waals surface area contributed by atoms with Crippen LogP contribution in [0.3, 0.4) is 0 Å². The van der Waals surface area contributed by atoms with Crippen LogP contribution >= 0.6 is 0 Å². The summed E-state index contributed by atoms with van der Waals surface area (Å²) in [5, 5.41) is 0. The number of hydrogen-bond donors (Lipinski definition) is 0. The largest absolute Gasteiger partial charge is 0.459 e. The average molecular weight is 287 g/mol. The molecule has 2 atom stereocenters. The second kappa shape index (κ2) is 7.99. The van der Waals surface area contributed by atoms with Gasteiger partial charge in [-0.3, -0.25) is 0 Å². The van der Waals surface area contributed by atoms with Crippen LogP contribution in [0.4, 0.5) is 0 Å². The first kappa shape index (κ1) is 15.8. The molecule has 1 aromatic rings. The molecule has 1 aliphatic rings. The quantitative estimate of drug-likeness (QED) is 0.614. The van der Waals surface area contributed by atoms with Gasteiger partial charge in [0.25, 0.3) is 0 Å². The predicted molar refractivity (Wildman–Crippen MR) is 85.9 cm³/mol. The van der Waals surface area contributed by atoms with Crippen molar-refractivity contribution in [2.24, 2.45) is 5.92 Å². The minimum Gasteiger partial charge on any atom is -0.459 e. The maximum atomic E-state index is 12.0. The van der Waals surface area contributed by atoms with Crippen molar-refractivity contribution in [2.75, 3.05) is 20.6 Å². The minimum absolute atomic E-state index is 0.0640. The van der Waals surface area contributed by atoms with Crippen molar-refractivity contribution in [1.82, 2.24) is 4.90 Å². The van der Waals surface area contributed by atoms with Gasteiger partial charge in [0.15, 0.2) is 0 Å². The third kappa shape index (κ3) is 5.35. The zero-order valence-corrected chi connectivity index (χ0v) is 13.0. The summed E-state index contributed by atoms with van der Waals surface area (Å²) in [5.74, 6) is 0.234. The molecule has 3 heteroatoms. The van der Waals surface area contributed by atoms with E-state index in [1.807, 2.05) is 36.4 Å². The van der Waals surface area contributed by atoms with Gasteiger partial charge in [0.05, 0.1) is 0 Å². The molecule has 1 aromatic carbocycles. The van der Waals surface area contributed by atoms with Crippen LogP contribution in [-0.2, 0) is 9.53 Å². The van der Waals surface area contributed by atoms with Gasteiger partial charge >= 0.3 is 5.97 Å². The van der Waals surface area contributed by atoms with Crippen molar-refractivity contribution in [2.45, 2.75) is 31.8 Å². The molecule has 0 radical (unpaired) electrons. The predicted octanol–water partition coefficient (Wildman–Crippen LogP) is 3.36. The van der Waals surface area contributed by atoms with Crippen LogP contribution in [0.25, 0.3) is 6.08 Å². The van der Waals surface area contributed by atoms with E-state index in [0.29, 0.717) is 5.92 Å². The van der Waals surface area contributed by atoms with Gasteiger partial charge in [-0.15, -0.1) is 0 Å². The van der Waals surface area contributed by atoms with Gasteiger partial charge in [-0.2, -0.15) is 0 Å². The SMILES string of the molecule is CN(C)C[C@H]1CCCC[C@@H]1OC(=O)/C=C/c1ccccc1. The molecule has 1 saturated carbocycles. The maximum absolute atomic E-state index is 12.0.